The number of piperidine rings is 1. The van der Waals surface area contributed by atoms with Crippen molar-refractivity contribution >= 4 is 28.6 Å². The van der Waals surface area contributed by atoms with E-state index in [4.69, 9.17) is 0 Å². The van der Waals surface area contributed by atoms with Crippen LogP contribution in [0.15, 0.2) is 30.3 Å². The van der Waals surface area contributed by atoms with Crippen molar-refractivity contribution < 1.29 is 19.5 Å². The number of nitrogens with zero attached hydrogens (tertiary/aromatic N) is 2. The number of aromatic nitrogens is 1. The van der Waals surface area contributed by atoms with Gasteiger partial charge >= 0.3 is 0 Å². The number of nitrogens with one attached hydrogen (secondary N) is 2. The molecule has 3 atom stereocenters. The number of amides is 3. The number of carbonyl (C=O) groups is 3. The lowest BCUT2D eigenvalue weighted by Gasteiger charge is -2.44. The summed E-state index contributed by atoms with van der Waals surface area (Å²) in [6.45, 7) is 2.23. The van der Waals surface area contributed by atoms with Gasteiger partial charge in [0.15, 0.2) is 0 Å². The molecule has 2 aliphatic carbocycles. The SMILES string of the molecule is O=C1CC2(CCC(C(=O)NC3CCC4CN(C(=O)c5ccc6cc(O)ccc6n5)CCC4C3)CC2)CN1. The summed E-state index contributed by atoms with van der Waals surface area (Å²) in [5.41, 5.74) is 1.24. The summed E-state index contributed by atoms with van der Waals surface area (Å²) in [5, 5.41) is 16.8. The molecule has 3 unspecified atom stereocenters. The molecule has 8 heteroatoms. The molecule has 2 saturated carbocycles. The predicted octanol–water partition coefficient (Wildman–Crippen LogP) is 3.38. The molecule has 2 saturated heterocycles. The molecule has 2 aliphatic heterocycles. The van der Waals surface area contributed by atoms with Gasteiger partial charge in [-0.05, 0) is 92.9 Å². The average molecular weight is 505 g/mol. The zero-order chi connectivity index (χ0) is 25.6. The number of likely N-dealkylation sites (tertiary alicyclic amines) is 1. The van der Waals surface area contributed by atoms with Crippen LogP contribution in [0.25, 0.3) is 10.9 Å². The van der Waals surface area contributed by atoms with E-state index in [0.29, 0.717) is 36.0 Å². The Hall–Kier alpha value is -3.16. The number of benzene rings is 1. The van der Waals surface area contributed by atoms with E-state index in [1.165, 1.54) is 0 Å². The quantitative estimate of drug-likeness (QED) is 0.593. The number of phenols is 1. The van der Waals surface area contributed by atoms with Gasteiger partial charge in [-0.2, -0.15) is 0 Å². The predicted molar refractivity (Wildman–Crippen MR) is 139 cm³/mol. The van der Waals surface area contributed by atoms with Crippen LogP contribution in [0.3, 0.4) is 0 Å². The Morgan fingerprint density at radius 1 is 1.05 bits per heavy atom. The molecular weight excluding hydrogens is 468 g/mol. The average Bonchev–Trinajstić information content (AvgIpc) is 3.27. The summed E-state index contributed by atoms with van der Waals surface area (Å²) < 4.78 is 0. The third-order valence-corrected chi connectivity index (χ3v) is 9.50. The number of hydrogen-bond donors (Lipinski definition) is 3. The molecule has 37 heavy (non-hydrogen) atoms. The highest BCUT2D eigenvalue weighted by atomic mass is 16.3. The second-order valence-corrected chi connectivity index (χ2v) is 11.9. The minimum atomic E-state index is -0.0296. The zero-order valence-corrected chi connectivity index (χ0v) is 21.2. The van der Waals surface area contributed by atoms with E-state index >= 15 is 0 Å². The first-order valence-corrected chi connectivity index (χ1v) is 13.8. The van der Waals surface area contributed by atoms with E-state index in [-0.39, 0.29) is 40.8 Å². The van der Waals surface area contributed by atoms with Crippen LogP contribution in [0.2, 0.25) is 0 Å². The van der Waals surface area contributed by atoms with Crippen molar-refractivity contribution in [2.24, 2.45) is 23.2 Å². The molecule has 3 amide bonds. The molecule has 3 heterocycles. The molecule has 3 N–H and O–H groups in total. The molecule has 196 valence electrons. The van der Waals surface area contributed by atoms with E-state index in [1.807, 2.05) is 11.0 Å². The monoisotopic (exact) mass is 504 g/mol. The van der Waals surface area contributed by atoms with Crippen molar-refractivity contribution in [1.82, 2.24) is 20.5 Å². The largest absolute Gasteiger partial charge is 0.508 e. The summed E-state index contributed by atoms with van der Waals surface area (Å²) >= 11 is 0. The van der Waals surface area contributed by atoms with Crippen LogP contribution < -0.4 is 10.6 Å². The van der Waals surface area contributed by atoms with Gasteiger partial charge in [-0.3, -0.25) is 14.4 Å². The van der Waals surface area contributed by atoms with Gasteiger partial charge < -0.3 is 20.6 Å². The third-order valence-electron chi connectivity index (χ3n) is 9.50. The number of aromatic hydroxyl groups is 1. The minimum Gasteiger partial charge on any atom is -0.508 e. The van der Waals surface area contributed by atoms with Gasteiger partial charge in [0.2, 0.25) is 11.8 Å². The minimum absolute atomic E-state index is 0.0296. The Kier molecular flexibility index (Phi) is 6.29. The fraction of sp³-hybridized carbons (Fsp3) is 0.586. The molecule has 4 fully saturated rings. The topological polar surface area (TPSA) is 112 Å². The Balaban J connectivity index is 1.00. The molecular formula is C29H36N4O4. The van der Waals surface area contributed by atoms with E-state index in [2.05, 4.69) is 15.6 Å². The zero-order valence-electron chi connectivity index (χ0n) is 21.2. The highest BCUT2D eigenvalue weighted by Gasteiger charge is 2.43. The van der Waals surface area contributed by atoms with Crippen LogP contribution in [-0.4, -0.2) is 58.4 Å². The van der Waals surface area contributed by atoms with Gasteiger partial charge in [0.1, 0.15) is 11.4 Å². The first kappa shape index (κ1) is 24.2. The van der Waals surface area contributed by atoms with Crippen molar-refractivity contribution in [2.45, 2.75) is 63.8 Å². The van der Waals surface area contributed by atoms with Gasteiger partial charge in [0.25, 0.3) is 5.91 Å². The number of phenolic OH excluding ortho intramolecular Hbond substituents is 1. The molecule has 0 radical (unpaired) electrons. The summed E-state index contributed by atoms with van der Waals surface area (Å²) in [7, 11) is 0. The lowest BCUT2D eigenvalue weighted by Crippen LogP contribution is -2.50. The van der Waals surface area contributed by atoms with Crippen molar-refractivity contribution in [2.75, 3.05) is 19.6 Å². The van der Waals surface area contributed by atoms with Crippen molar-refractivity contribution in [1.29, 1.82) is 0 Å². The van der Waals surface area contributed by atoms with Crippen LogP contribution in [0.4, 0.5) is 0 Å². The molecule has 8 nitrogen and oxygen atoms in total. The van der Waals surface area contributed by atoms with Gasteiger partial charge in [-0.25, -0.2) is 4.98 Å². The maximum atomic E-state index is 13.2. The second kappa shape index (κ2) is 9.62. The van der Waals surface area contributed by atoms with Crippen LogP contribution >= 0.6 is 0 Å². The molecule has 4 aliphatic rings. The highest BCUT2D eigenvalue weighted by Crippen LogP contribution is 2.44. The third kappa shape index (κ3) is 4.90. The van der Waals surface area contributed by atoms with Gasteiger partial charge in [-0.1, -0.05) is 6.07 Å². The Bertz CT molecular complexity index is 1220. The van der Waals surface area contributed by atoms with E-state index in [0.717, 1.165) is 69.8 Å². The van der Waals surface area contributed by atoms with Crippen molar-refractivity contribution in [3.8, 4) is 5.75 Å². The summed E-state index contributed by atoms with van der Waals surface area (Å²) in [6, 6.07) is 8.79. The fourth-order valence-electron chi connectivity index (χ4n) is 7.24. The fourth-order valence-corrected chi connectivity index (χ4v) is 7.24. The number of hydrogen-bond acceptors (Lipinski definition) is 5. The Morgan fingerprint density at radius 2 is 1.89 bits per heavy atom. The van der Waals surface area contributed by atoms with E-state index < -0.39 is 0 Å². The highest BCUT2D eigenvalue weighted by molar-refractivity contribution is 5.95. The van der Waals surface area contributed by atoms with E-state index in [9.17, 15) is 19.5 Å². The van der Waals surface area contributed by atoms with Crippen LogP contribution in [0.1, 0.15) is 68.3 Å². The van der Waals surface area contributed by atoms with Crippen molar-refractivity contribution in [3.63, 3.8) is 0 Å². The number of carbonyl (C=O) groups excluding carboxylic acids is 3. The van der Waals surface area contributed by atoms with Gasteiger partial charge in [-0.15, -0.1) is 0 Å². The first-order chi connectivity index (χ1) is 17.9. The summed E-state index contributed by atoms with van der Waals surface area (Å²) in [4.78, 5) is 44.4. The summed E-state index contributed by atoms with van der Waals surface area (Å²) in [5.74, 6) is 1.57. The molecule has 0 bridgehead atoms. The Morgan fingerprint density at radius 3 is 2.68 bits per heavy atom. The lowest BCUT2D eigenvalue weighted by molar-refractivity contribution is -0.128. The maximum absolute atomic E-state index is 13.2. The molecule has 1 aromatic carbocycles. The molecule has 6 rings (SSSR count). The lowest BCUT2D eigenvalue weighted by atomic mass is 9.69. The van der Waals surface area contributed by atoms with Crippen LogP contribution in [-0.2, 0) is 9.59 Å². The van der Waals surface area contributed by atoms with Crippen molar-refractivity contribution in [3.05, 3.63) is 36.0 Å². The smallest absolute Gasteiger partial charge is 0.272 e. The number of rotatable bonds is 3. The molecule has 1 spiro atoms. The van der Waals surface area contributed by atoms with E-state index in [1.54, 1.807) is 24.3 Å². The van der Waals surface area contributed by atoms with Crippen LogP contribution in [0.5, 0.6) is 5.75 Å². The second-order valence-electron chi connectivity index (χ2n) is 11.9. The maximum Gasteiger partial charge on any atom is 0.272 e. The van der Waals surface area contributed by atoms with Gasteiger partial charge in [0, 0.05) is 43.4 Å². The standard InChI is InChI=1S/C29H36N4O4/c34-23-4-6-24-20(14-23)2-5-25(32-24)28(37)33-12-9-19-13-22(3-1-21(19)16-33)31-27(36)18-7-10-29(11-8-18)15-26(35)30-17-29/h2,4-6,14,18-19,21-22,34H,1,3,7-13,15-17H2,(H,30,35)(H,31,36). The van der Waals surface area contributed by atoms with Crippen LogP contribution in [0, 0.1) is 23.2 Å². The first-order valence-electron chi connectivity index (χ1n) is 13.8. The Labute approximate surface area is 217 Å². The normalized spacial score (nSPS) is 31.7. The van der Waals surface area contributed by atoms with Gasteiger partial charge in [0.05, 0.1) is 5.52 Å². The molecule has 2 aromatic rings. The number of fused-ring (bicyclic) bond motifs is 2. The molecule has 1 aromatic heterocycles. The number of pyridine rings is 1. The summed E-state index contributed by atoms with van der Waals surface area (Å²) in [6.07, 6.45) is 8.21.